The standard InChI is InChI=1S/C22H24N2O6/c1-13(20(25)23-11-19(29-2)21(26)27)24-22(28)30-12-18-16-9-5-3-7-14(16)15-8-4-6-10-17(15)18/h3-10,13,18-19H,11-12H2,1-2H3,(H,23,25)(H,24,28)(H,26,27)/t13-,19?/m1/s1. The molecule has 0 aromatic heterocycles. The SMILES string of the molecule is COC(CNC(=O)[C@@H](C)NC(=O)OCC1c2ccccc2-c2ccccc21)C(=O)O. The molecule has 1 unspecified atom stereocenters. The van der Waals surface area contributed by atoms with E-state index in [1.807, 2.05) is 48.5 Å². The van der Waals surface area contributed by atoms with Crippen LogP contribution in [0, 0.1) is 0 Å². The fraction of sp³-hybridized carbons (Fsp3) is 0.318. The lowest BCUT2D eigenvalue weighted by Crippen LogP contribution is -2.48. The highest BCUT2D eigenvalue weighted by Gasteiger charge is 2.29. The molecule has 1 aliphatic rings. The Hall–Kier alpha value is -3.39. The zero-order valence-corrected chi connectivity index (χ0v) is 16.8. The highest BCUT2D eigenvalue weighted by atomic mass is 16.5. The predicted molar refractivity (Wildman–Crippen MR) is 109 cm³/mol. The molecular formula is C22H24N2O6. The molecule has 0 fully saturated rings. The van der Waals surface area contributed by atoms with Crippen molar-refractivity contribution in [3.63, 3.8) is 0 Å². The number of hydrogen-bond donors (Lipinski definition) is 3. The van der Waals surface area contributed by atoms with Crippen molar-refractivity contribution in [1.29, 1.82) is 0 Å². The smallest absolute Gasteiger partial charge is 0.407 e. The zero-order valence-electron chi connectivity index (χ0n) is 16.8. The number of alkyl carbamates (subject to hydrolysis) is 1. The van der Waals surface area contributed by atoms with Crippen molar-refractivity contribution in [2.45, 2.75) is 25.0 Å². The third-order valence-electron chi connectivity index (χ3n) is 5.09. The minimum Gasteiger partial charge on any atom is -0.479 e. The summed E-state index contributed by atoms with van der Waals surface area (Å²) in [6.07, 6.45) is -1.88. The van der Waals surface area contributed by atoms with Crippen LogP contribution in [0.5, 0.6) is 0 Å². The van der Waals surface area contributed by atoms with E-state index in [1.54, 1.807) is 0 Å². The number of carbonyl (C=O) groups excluding carboxylic acids is 2. The van der Waals surface area contributed by atoms with E-state index in [-0.39, 0.29) is 19.1 Å². The van der Waals surface area contributed by atoms with Crippen LogP contribution < -0.4 is 10.6 Å². The van der Waals surface area contributed by atoms with Gasteiger partial charge in [-0.2, -0.15) is 0 Å². The summed E-state index contributed by atoms with van der Waals surface area (Å²) in [5.41, 5.74) is 4.44. The van der Waals surface area contributed by atoms with Crippen molar-refractivity contribution >= 4 is 18.0 Å². The summed E-state index contributed by atoms with van der Waals surface area (Å²) in [5.74, 6) is -1.80. The fourth-order valence-electron chi connectivity index (χ4n) is 3.50. The van der Waals surface area contributed by atoms with E-state index in [9.17, 15) is 14.4 Å². The van der Waals surface area contributed by atoms with Gasteiger partial charge >= 0.3 is 12.1 Å². The first-order valence-electron chi connectivity index (χ1n) is 9.57. The second kappa shape index (κ2) is 9.41. The van der Waals surface area contributed by atoms with E-state index in [0.717, 1.165) is 22.3 Å². The number of carboxylic acid groups (broad SMARTS) is 1. The van der Waals surface area contributed by atoms with Gasteiger partial charge in [0.05, 0.1) is 6.54 Å². The Morgan fingerprint density at radius 1 is 1.03 bits per heavy atom. The molecule has 0 saturated carbocycles. The molecule has 0 heterocycles. The van der Waals surface area contributed by atoms with E-state index in [1.165, 1.54) is 14.0 Å². The molecule has 0 bridgehead atoms. The van der Waals surface area contributed by atoms with Gasteiger partial charge in [0.2, 0.25) is 5.91 Å². The minimum atomic E-state index is -1.19. The number of carbonyl (C=O) groups is 3. The summed E-state index contributed by atoms with van der Waals surface area (Å²) in [6, 6.07) is 15.1. The highest BCUT2D eigenvalue weighted by Crippen LogP contribution is 2.44. The molecule has 0 radical (unpaired) electrons. The number of benzene rings is 2. The quantitative estimate of drug-likeness (QED) is 0.612. The maximum absolute atomic E-state index is 12.2. The van der Waals surface area contributed by atoms with Gasteiger partial charge in [0.1, 0.15) is 12.6 Å². The van der Waals surface area contributed by atoms with Crippen LogP contribution in [-0.2, 0) is 19.1 Å². The van der Waals surface area contributed by atoms with Gasteiger partial charge in [-0.15, -0.1) is 0 Å². The maximum atomic E-state index is 12.2. The average Bonchev–Trinajstić information content (AvgIpc) is 3.06. The summed E-state index contributed by atoms with van der Waals surface area (Å²) >= 11 is 0. The van der Waals surface area contributed by atoms with Gasteiger partial charge in [-0.25, -0.2) is 9.59 Å². The normalized spacial score (nSPS) is 14.2. The lowest BCUT2D eigenvalue weighted by atomic mass is 9.98. The summed E-state index contributed by atoms with van der Waals surface area (Å²) in [7, 11) is 1.24. The van der Waals surface area contributed by atoms with E-state index < -0.39 is 30.1 Å². The van der Waals surface area contributed by atoms with E-state index in [2.05, 4.69) is 10.6 Å². The van der Waals surface area contributed by atoms with Gasteiger partial charge in [-0.3, -0.25) is 4.79 Å². The number of carboxylic acids is 1. The summed E-state index contributed by atoms with van der Waals surface area (Å²) in [4.78, 5) is 35.2. The molecule has 30 heavy (non-hydrogen) atoms. The Morgan fingerprint density at radius 2 is 1.60 bits per heavy atom. The first-order valence-corrected chi connectivity index (χ1v) is 9.57. The van der Waals surface area contributed by atoms with Crippen molar-refractivity contribution in [1.82, 2.24) is 10.6 Å². The molecule has 8 heteroatoms. The van der Waals surface area contributed by atoms with Crippen molar-refractivity contribution in [3.05, 3.63) is 59.7 Å². The number of aliphatic carboxylic acids is 1. The van der Waals surface area contributed by atoms with Crippen LogP contribution in [0.3, 0.4) is 0 Å². The van der Waals surface area contributed by atoms with Crippen LogP contribution in [0.2, 0.25) is 0 Å². The van der Waals surface area contributed by atoms with Crippen LogP contribution in [0.25, 0.3) is 11.1 Å². The Kier molecular flexibility index (Phi) is 6.68. The topological polar surface area (TPSA) is 114 Å². The Morgan fingerprint density at radius 3 is 2.13 bits per heavy atom. The number of ether oxygens (including phenoxy) is 2. The van der Waals surface area contributed by atoms with Crippen molar-refractivity contribution in [2.24, 2.45) is 0 Å². The van der Waals surface area contributed by atoms with Crippen molar-refractivity contribution in [3.8, 4) is 11.1 Å². The van der Waals surface area contributed by atoms with Crippen LogP contribution in [0.15, 0.2) is 48.5 Å². The molecule has 3 rings (SSSR count). The molecule has 3 N–H and O–H groups in total. The number of hydrogen-bond acceptors (Lipinski definition) is 5. The monoisotopic (exact) mass is 412 g/mol. The Balaban J connectivity index is 1.55. The third-order valence-corrected chi connectivity index (χ3v) is 5.09. The second-order valence-corrected chi connectivity index (χ2v) is 7.00. The molecular weight excluding hydrogens is 388 g/mol. The highest BCUT2D eigenvalue weighted by molar-refractivity contribution is 5.86. The molecule has 2 aromatic carbocycles. The number of rotatable bonds is 8. The van der Waals surface area contributed by atoms with Gasteiger partial charge < -0.3 is 25.2 Å². The third kappa shape index (κ3) is 4.60. The van der Waals surface area contributed by atoms with E-state index in [0.29, 0.717) is 0 Å². The molecule has 8 nitrogen and oxygen atoms in total. The van der Waals surface area contributed by atoms with Gasteiger partial charge in [-0.05, 0) is 29.2 Å². The van der Waals surface area contributed by atoms with Gasteiger partial charge in [0.15, 0.2) is 6.10 Å². The van der Waals surface area contributed by atoms with Crippen LogP contribution in [0.1, 0.15) is 24.0 Å². The molecule has 2 amide bonds. The predicted octanol–water partition coefficient (Wildman–Crippen LogP) is 2.13. The summed E-state index contributed by atoms with van der Waals surface area (Å²) < 4.78 is 10.1. The number of amides is 2. The molecule has 0 saturated heterocycles. The van der Waals surface area contributed by atoms with Crippen molar-refractivity contribution in [2.75, 3.05) is 20.3 Å². The second-order valence-electron chi connectivity index (χ2n) is 7.00. The molecule has 0 aliphatic heterocycles. The van der Waals surface area contributed by atoms with Crippen LogP contribution in [0.4, 0.5) is 4.79 Å². The summed E-state index contributed by atoms with van der Waals surface area (Å²) in [5, 5.41) is 13.8. The molecule has 0 spiro atoms. The maximum Gasteiger partial charge on any atom is 0.407 e. The average molecular weight is 412 g/mol. The van der Waals surface area contributed by atoms with Crippen LogP contribution in [-0.4, -0.2) is 55.5 Å². The molecule has 158 valence electrons. The van der Waals surface area contributed by atoms with Gasteiger partial charge in [0, 0.05) is 13.0 Å². The fourth-order valence-corrected chi connectivity index (χ4v) is 3.50. The Bertz CT molecular complexity index is 899. The molecule has 2 aromatic rings. The van der Waals surface area contributed by atoms with Gasteiger partial charge in [0.25, 0.3) is 0 Å². The lowest BCUT2D eigenvalue weighted by molar-refractivity contribution is -0.148. The molecule has 1 aliphatic carbocycles. The Labute approximate surface area is 174 Å². The van der Waals surface area contributed by atoms with E-state index >= 15 is 0 Å². The lowest BCUT2D eigenvalue weighted by Gasteiger charge is -2.18. The zero-order chi connectivity index (χ0) is 21.7. The first-order chi connectivity index (χ1) is 14.4. The van der Waals surface area contributed by atoms with Crippen LogP contribution >= 0.6 is 0 Å². The first kappa shape index (κ1) is 21.3. The number of methoxy groups -OCH3 is 1. The summed E-state index contributed by atoms with van der Waals surface area (Å²) in [6.45, 7) is 1.42. The van der Waals surface area contributed by atoms with Crippen molar-refractivity contribution < 1.29 is 29.0 Å². The number of fused-ring (bicyclic) bond motifs is 3. The largest absolute Gasteiger partial charge is 0.479 e. The minimum absolute atomic E-state index is 0.0784. The molecule has 2 atom stereocenters. The van der Waals surface area contributed by atoms with Gasteiger partial charge in [-0.1, -0.05) is 48.5 Å². The number of nitrogens with one attached hydrogen (secondary N) is 2. The van der Waals surface area contributed by atoms with E-state index in [4.69, 9.17) is 14.6 Å².